The number of aromatic nitrogens is 3. The number of nitrogens with two attached hydrogens (primary N) is 1. The van der Waals surface area contributed by atoms with Crippen LogP contribution >= 0.6 is 0 Å². The van der Waals surface area contributed by atoms with Gasteiger partial charge in [0.15, 0.2) is 5.82 Å². The van der Waals surface area contributed by atoms with E-state index in [1.165, 1.54) is 6.33 Å². The lowest BCUT2D eigenvalue weighted by molar-refractivity contribution is 0.173. The van der Waals surface area contributed by atoms with Crippen LogP contribution in [0.4, 0.5) is 5.82 Å². The van der Waals surface area contributed by atoms with E-state index in [9.17, 15) is 0 Å². The van der Waals surface area contributed by atoms with E-state index in [2.05, 4.69) is 33.3 Å². The van der Waals surface area contributed by atoms with E-state index in [0.717, 1.165) is 35.3 Å². The van der Waals surface area contributed by atoms with Crippen LogP contribution in [-0.4, -0.2) is 55.1 Å². The minimum atomic E-state index is 0.291. The van der Waals surface area contributed by atoms with Crippen molar-refractivity contribution in [2.45, 2.75) is 18.4 Å². The lowest BCUT2D eigenvalue weighted by Gasteiger charge is -2.09. The first-order chi connectivity index (χ1) is 14.6. The molecule has 0 bridgehead atoms. The highest BCUT2D eigenvalue weighted by Gasteiger charge is 2.28. The third kappa shape index (κ3) is 3.90. The highest BCUT2D eigenvalue weighted by molar-refractivity contribution is 5.76. The quantitative estimate of drug-likeness (QED) is 0.623. The fourth-order valence-corrected chi connectivity index (χ4v) is 3.87. The number of hydrogen-bond acceptors (Lipinski definition) is 7. The number of benzene rings is 1. The van der Waals surface area contributed by atoms with E-state index in [0.29, 0.717) is 35.9 Å². The van der Waals surface area contributed by atoms with Gasteiger partial charge in [-0.3, -0.25) is 0 Å². The van der Waals surface area contributed by atoms with Crippen LogP contribution in [0.5, 0.6) is 11.5 Å². The summed E-state index contributed by atoms with van der Waals surface area (Å²) >= 11 is 0. The molecule has 2 unspecified atom stereocenters. The molecular weight excluding hydrogens is 382 g/mol. The van der Waals surface area contributed by atoms with Crippen molar-refractivity contribution in [3.05, 3.63) is 47.4 Å². The van der Waals surface area contributed by atoms with Crippen LogP contribution in [-0.2, 0) is 4.74 Å². The Bertz CT molecular complexity index is 1090. The predicted octanol–water partition coefficient (Wildman–Crippen LogP) is 1.82. The van der Waals surface area contributed by atoms with E-state index < -0.39 is 0 Å². The molecule has 3 heterocycles. The molecule has 1 aliphatic rings. The van der Waals surface area contributed by atoms with Crippen molar-refractivity contribution < 1.29 is 14.2 Å². The molecule has 2 atom stereocenters. The maximum absolute atomic E-state index is 6.19. The van der Waals surface area contributed by atoms with Gasteiger partial charge in [0.2, 0.25) is 0 Å². The second-order valence-electron chi connectivity index (χ2n) is 7.23. The molecule has 3 N–H and O–H groups in total. The Balaban J connectivity index is 1.74. The zero-order valence-corrected chi connectivity index (χ0v) is 17.3. The van der Waals surface area contributed by atoms with Crippen LogP contribution in [0.1, 0.15) is 29.2 Å². The Kier molecular flexibility index (Phi) is 5.74. The third-order valence-electron chi connectivity index (χ3n) is 5.31. The molecule has 1 fully saturated rings. The molecule has 30 heavy (non-hydrogen) atoms. The molecule has 8 heteroatoms. The number of hydrogen-bond donors (Lipinski definition) is 2. The summed E-state index contributed by atoms with van der Waals surface area (Å²) in [7, 11) is 4.95. The van der Waals surface area contributed by atoms with Crippen molar-refractivity contribution in [1.29, 1.82) is 0 Å². The molecule has 156 valence electrons. The Labute approximate surface area is 175 Å². The lowest BCUT2D eigenvalue weighted by atomic mass is 10.0. The zero-order chi connectivity index (χ0) is 21.1. The number of anilines is 1. The van der Waals surface area contributed by atoms with Crippen molar-refractivity contribution in [1.82, 2.24) is 19.9 Å². The second-order valence-corrected chi connectivity index (χ2v) is 7.23. The van der Waals surface area contributed by atoms with Gasteiger partial charge in [0.1, 0.15) is 23.3 Å². The molecule has 0 aliphatic carbocycles. The predicted molar refractivity (Wildman–Crippen MR) is 114 cm³/mol. The minimum Gasteiger partial charge on any atom is -0.497 e. The summed E-state index contributed by atoms with van der Waals surface area (Å²) < 4.78 is 17.8. The minimum absolute atomic E-state index is 0.291. The van der Waals surface area contributed by atoms with Crippen molar-refractivity contribution >= 4 is 11.3 Å². The largest absolute Gasteiger partial charge is 0.497 e. The fourth-order valence-electron chi connectivity index (χ4n) is 3.87. The molecule has 1 aliphatic heterocycles. The van der Waals surface area contributed by atoms with Gasteiger partial charge in [-0.1, -0.05) is 11.8 Å². The molecule has 4 rings (SSSR count). The zero-order valence-electron chi connectivity index (χ0n) is 17.3. The summed E-state index contributed by atoms with van der Waals surface area (Å²) in [5.41, 5.74) is 9.56. The third-order valence-corrected chi connectivity index (χ3v) is 5.31. The summed E-state index contributed by atoms with van der Waals surface area (Å²) in [5.74, 6) is 8.50. The molecule has 2 aromatic heterocycles. The summed E-state index contributed by atoms with van der Waals surface area (Å²) in [4.78, 5) is 4.16. The Hall–Kier alpha value is -3.28. The van der Waals surface area contributed by atoms with Crippen LogP contribution in [0.2, 0.25) is 0 Å². The SMILES string of the molecule is COCC1CC(c2cc(C#Cc3cc(OC)cc(OC)c3)c3c(N)ncnn23)CN1. The highest BCUT2D eigenvalue weighted by Crippen LogP contribution is 2.30. The molecule has 3 aromatic rings. The summed E-state index contributed by atoms with van der Waals surface area (Å²) in [6.45, 7) is 1.53. The lowest BCUT2D eigenvalue weighted by Crippen LogP contribution is -2.25. The van der Waals surface area contributed by atoms with E-state index in [-0.39, 0.29) is 0 Å². The smallest absolute Gasteiger partial charge is 0.152 e. The molecular formula is C22H25N5O3. The van der Waals surface area contributed by atoms with Gasteiger partial charge in [-0.15, -0.1) is 0 Å². The number of nitrogen functional groups attached to an aromatic ring is 1. The Morgan fingerprint density at radius 2 is 1.90 bits per heavy atom. The second kappa shape index (κ2) is 8.61. The molecule has 1 saturated heterocycles. The molecule has 0 amide bonds. The van der Waals surface area contributed by atoms with Gasteiger partial charge in [-0.25, -0.2) is 9.50 Å². The maximum Gasteiger partial charge on any atom is 0.152 e. The molecule has 0 spiro atoms. The summed E-state index contributed by atoms with van der Waals surface area (Å²) in [5, 5.41) is 7.95. The fraction of sp³-hybridized carbons (Fsp3) is 0.364. The molecule has 0 saturated carbocycles. The number of nitrogens with one attached hydrogen (secondary N) is 1. The summed E-state index contributed by atoms with van der Waals surface area (Å²) in [6, 6.07) is 7.93. The van der Waals surface area contributed by atoms with Gasteiger partial charge in [0.05, 0.1) is 26.4 Å². The number of fused-ring (bicyclic) bond motifs is 1. The maximum atomic E-state index is 6.19. The van der Waals surface area contributed by atoms with Gasteiger partial charge in [0, 0.05) is 42.9 Å². The monoisotopic (exact) mass is 407 g/mol. The average molecular weight is 407 g/mol. The van der Waals surface area contributed by atoms with E-state index in [1.807, 2.05) is 22.7 Å². The van der Waals surface area contributed by atoms with Gasteiger partial charge < -0.3 is 25.3 Å². The van der Waals surface area contributed by atoms with E-state index in [1.54, 1.807) is 21.3 Å². The van der Waals surface area contributed by atoms with Crippen LogP contribution in [0.25, 0.3) is 5.52 Å². The topological polar surface area (TPSA) is 95.9 Å². The highest BCUT2D eigenvalue weighted by atomic mass is 16.5. The standard InChI is InChI=1S/C22H25N5O3/c1-28-12-17-8-16(11-24-17)20-9-15(21-22(23)25-13-26-27(20)21)5-4-14-6-18(29-2)10-19(7-14)30-3/h6-7,9-10,13,16-17,24H,8,11-12H2,1-3H3,(H2,23,25,26). The number of ether oxygens (including phenoxy) is 3. The van der Waals surface area contributed by atoms with Gasteiger partial charge in [0.25, 0.3) is 0 Å². The van der Waals surface area contributed by atoms with Crippen molar-refractivity contribution in [2.24, 2.45) is 0 Å². The molecule has 8 nitrogen and oxygen atoms in total. The average Bonchev–Trinajstić information content (AvgIpc) is 3.37. The first-order valence-electron chi connectivity index (χ1n) is 9.72. The number of nitrogens with zero attached hydrogens (tertiary/aromatic N) is 3. The number of rotatable bonds is 5. The normalized spacial score (nSPS) is 18.2. The Morgan fingerprint density at radius 3 is 2.60 bits per heavy atom. The van der Waals surface area contributed by atoms with Gasteiger partial charge in [-0.2, -0.15) is 5.10 Å². The molecule has 1 aromatic carbocycles. The van der Waals surface area contributed by atoms with Crippen molar-refractivity contribution in [2.75, 3.05) is 40.2 Å². The van der Waals surface area contributed by atoms with Gasteiger partial charge >= 0.3 is 0 Å². The van der Waals surface area contributed by atoms with E-state index in [4.69, 9.17) is 19.9 Å². The van der Waals surface area contributed by atoms with Crippen LogP contribution < -0.4 is 20.5 Å². The molecule has 0 radical (unpaired) electrons. The first kappa shape index (κ1) is 20.0. The van der Waals surface area contributed by atoms with Crippen LogP contribution in [0, 0.1) is 11.8 Å². The number of methoxy groups -OCH3 is 3. The van der Waals surface area contributed by atoms with Crippen molar-refractivity contribution in [3.8, 4) is 23.3 Å². The van der Waals surface area contributed by atoms with Gasteiger partial charge in [-0.05, 0) is 24.6 Å². The van der Waals surface area contributed by atoms with Crippen LogP contribution in [0.15, 0.2) is 30.6 Å². The summed E-state index contributed by atoms with van der Waals surface area (Å²) in [6.07, 6.45) is 2.44. The van der Waals surface area contributed by atoms with Crippen LogP contribution in [0.3, 0.4) is 0 Å². The van der Waals surface area contributed by atoms with Crippen molar-refractivity contribution in [3.63, 3.8) is 0 Å². The first-order valence-corrected chi connectivity index (χ1v) is 9.72. The van der Waals surface area contributed by atoms with E-state index >= 15 is 0 Å². The Morgan fingerprint density at radius 1 is 1.13 bits per heavy atom.